The normalized spacial score (nSPS) is 18.6. The van der Waals surface area contributed by atoms with Crippen LogP contribution in [0.15, 0.2) is 24.3 Å². The molecule has 1 fully saturated rings. The highest BCUT2D eigenvalue weighted by Crippen LogP contribution is 2.20. The van der Waals surface area contributed by atoms with Crippen molar-refractivity contribution >= 4 is 28.8 Å². The maximum Gasteiger partial charge on any atom is 0.238 e. The quantitative estimate of drug-likeness (QED) is 0.792. The number of hydrogen-bond acceptors (Lipinski definition) is 3. The molecule has 1 aromatic carbocycles. The van der Waals surface area contributed by atoms with Gasteiger partial charge in [-0.1, -0.05) is 25.6 Å². The van der Waals surface area contributed by atoms with Crippen LogP contribution in [0.2, 0.25) is 0 Å². The van der Waals surface area contributed by atoms with Crippen LogP contribution in [0, 0.1) is 5.92 Å². The molecule has 1 aromatic rings. The number of nitrogens with two attached hydrogens (primary N) is 1. The third kappa shape index (κ3) is 4.79. The van der Waals surface area contributed by atoms with Crippen molar-refractivity contribution in [3.05, 3.63) is 29.8 Å². The molecule has 2 rings (SSSR count). The van der Waals surface area contributed by atoms with Crippen molar-refractivity contribution in [2.24, 2.45) is 11.7 Å². The van der Waals surface area contributed by atoms with E-state index in [0.29, 0.717) is 11.5 Å². The van der Waals surface area contributed by atoms with Crippen LogP contribution in [0.1, 0.15) is 31.7 Å². The molecule has 1 saturated heterocycles. The van der Waals surface area contributed by atoms with E-state index >= 15 is 0 Å². The summed E-state index contributed by atoms with van der Waals surface area (Å²) in [5, 5.41) is 2.92. The standard InChI is InChI=1S/C16H23N3OS/c1-2-3-12-8-9-19(10-12)11-15(20)18-14-6-4-13(5-7-14)16(17)21/h4-7,12H,2-3,8-11H2,1H3,(H2,17,21)(H,18,20). The Balaban J connectivity index is 1.80. The average Bonchev–Trinajstić information content (AvgIpc) is 2.87. The average molecular weight is 305 g/mol. The van der Waals surface area contributed by atoms with Crippen molar-refractivity contribution in [1.29, 1.82) is 0 Å². The molecule has 0 radical (unpaired) electrons. The highest BCUT2D eigenvalue weighted by Gasteiger charge is 2.23. The molecule has 0 aliphatic carbocycles. The monoisotopic (exact) mass is 305 g/mol. The fourth-order valence-electron chi connectivity index (χ4n) is 2.82. The van der Waals surface area contributed by atoms with Crippen molar-refractivity contribution < 1.29 is 4.79 Å². The summed E-state index contributed by atoms with van der Waals surface area (Å²) in [6, 6.07) is 7.31. The molecule has 0 spiro atoms. The molecule has 5 heteroatoms. The van der Waals surface area contributed by atoms with Crippen LogP contribution < -0.4 is 11.1 Å². The molecule has 0 bridgehead atoms. The van der Waals surface area contributed by atoms with Gasteiger partial charge in [0, 0.05) is 17.8 Å². The van der Waals surface area contributed by atoms with Crippen LogP contribution >= 0.6 is 12.2 Å². The first-order chi connectivity index (χ1) is 10.1. The fraction of sp³-hybridized carbons (Fsp3) is 0.500. The number of carbonyl (C=O) groups is 1. The second-order valence-electron chi connectivity index (χ2n) is 5.67. The van der Waals surface area contributed by atoms with E-state index in [1.54, 1.807) is 0 Å². The summed E-state index contributed by atoms with van der Waals surface area (Å²) in [5.74, 6) is 0.794. The summed E-state index contributed by atoms with van der Waals surface area (Å²) in [5.41, 5.74) is 7.14. The van der Waals surface area contributed by atoms with E-state index < -0.39 is 0 Å². The van der Waals surface area contributed by atoms with E-state index in [-0.39, 0.29) is 5.91 Å². The van der Waals surface area contributed by atoms with E-state index in [1.165, 1.54) is 19.3 Å². The van der Waals surface area contributed by atoms with Crippen molar-refractivity contribution in [3.8, 4) is 0 Å². The molecule has 21 heavy (non-hydrogen) atoms. The SMILES string of the molecule is CCCC1CCN(CC(=O)Nc2ccc(C(N)=S)cc2)C1. The third-order valence-electron chi connectivity index (χ3n) is 3.89. The Morgan fingerprint density at radius 1 is 1.43 bits per heavy atom. The minimum Gasteiger partial charge on any atom is -0.389 e. The van der Waals surface area contributed by atoms with Gasteiger partial charge in [-0.05, 0) is 49.6 Å². The van der Waals surface area contributed by atoms with Gasteiger partial charge in [-0.2, -0.15) is 0 Å². The van der Waals surface area contributed by atoms with E-state index in [9.17, 15) is 4.79 Å². The van der Waals surface area contributed by atoms with Gasteiger partial charge in [0.1, 0.15) is 4.99 Å². The molecule has 1 amide bonds. The topological polar surface area (TPSA) is 58.4 Å². The van der Waals surface area contributed by atoms with E-state index in [0.717, 1.165) is 30.3 Å². The van der Waals surface area contributed by atoms with Gasteiger partial charge in [0.2, 0.25) is 5.91 Å². The molecule has 4 nitrogen and oxygen atoms in total. The van der Waals surface area contributed by atoms with E-state index in [2.05, 4.69) is 17.1 Å². The summed E-state index contributed by atoms with van der Waals surface area (Å²) >= 11 is 4.90. The highest BCUT2D eigenvalue weighted by molar-refractivity contribution is 7.80. The summed E-state index contributed by atoms with van der Waals surface area (Å²) in [6.07, 6.45) is 3.70. The van der Waals surface area contributed by atoms with Crippen molar-refractivity contribution in [2.75, 3.05) is 25.0 Å². The molecule has 1 unspecified atom stereocenters. The van der Waals surface area contributed by atoms with Crippen LogP contribution in [-0.2, 0) is 4.79 Å². The van der Waals surface area contributed by atoms with Crippen molar-refractivity contribution in [3.63, 3.8) is 0 Å². The molecular weight excluding hydrogens is 282 g/mol. The van der Waals surface area contributed by atoms with Crippen LogP contribution in [0.5, 0.6) is 0 Å². The molecule has 1 atom stereocenters. The number of anilines is 1. The van der Waals surface area contributed by atoms with Gasteiger partial charge in [-0.15, -0.1) is 0 Å². The Morgan fingerprint density at radius 3 is 2.76 bits per heavy atom. The molecule has 0 saturated carbocycles. The molecule has 1 aliphatic rings. The summed E-state index contributed by atoms with van der Waals surface area (Å²) in [6.45, 7) is 4.75. The first-order valence-electron chi connectivity index (χ1n) is 7.50. The van der Waals surface area contributed by atoms with E-state index in [1.807, 2.05) is 24.3 Å². The maximum atomic E-state index is 12.0. The van der Waals surface area contributed by atoms with Crippen LogP contribution in [0.3, 0.4) is 0 Å². The first-order valence-corrected chi connectivity index (χ1v) is 7.91. The zero-order valence-electron chi connectivity index (χ0n) is 12.5. The molecule has 1 aliphatic heterocycles. The summed E-state index contributed by atoms with van der Waals surface area (Å²) in [4.78, 5) is 14.7. The van der Waals surface area contributed by atoms with Gasteiger partial charge >= 0.3 is 0 Å². The smallest absolute Gasteiger partial charge is 0.238 e. The lowest BCUT2D eigenvalue weighted by molar-refractivity contribution is -0.117. The summed E-state index contributed by atoms with van der Waals surface area (Å²) < 4.78 is 0. The lowest BCUT2D eigenvalue weighted by Crippen LogP contribution is -2.31. The second-order valence-corrected chi connectivity index (χ2v) is 6.11. The molecule has 1 heterocycles. The number of likely N-dealkylation sites (tertiary alicyclic amines) is 1. The number of hydrogen-bond donors (Lipinski definition) is 2. The van der Waals surface area contributed by atoms with Gasteiger partial charge < -0.3 is 11.1 Å². The van der Waals surface area contributed by atoms with Crippen LogP contribution in [0.25, 0.3) is 0 Å². The lowest BCUT2D eigenvalue weighted by Gasteiger charge is -2.15. The lowest BCUT2D eigenvalue weighted by atomic mass is 10.0. The number of amides is 1. The van der Waals surface area contributed by atoms with Gasteiger partial charge in [0.25, 0.3) is 0 Å². The number of benzene rings is 1. The Kier molecular flexibility index (Phi) is 5.70. The fourth-order valence-corrected chi connectivity index (χ4v) is 2.96. The molecule has 0 aromatic heterocycles. The minimum absolute atomic E-state index is 0.0372. The van der Waals surface area contributed by atoms with Gasteiger partial charge in [-0.25, -0.2) is 0 Å². The van der Waals surface area contributed by atoms with Crippen LogP contribution in [-0.4, -0.2) is 35.4 Å². The maximum absolute atomic E-state index is 12.0. The zero-order chi connectivity index (χ0) is 15.2. The number of rotatable bonds is 6. The highest BCUT2D eigenvalue weighted by atomic mass is 32.1. The third-order valence-corrected chi connectivity index (χ3v) is 4.12. The van der Waals surface area contributed by atoms with Gasteiger partial charge in [0.15, 0.2) is 0 Å². The Bertz CT molecular complexity index is 501. The number of nitrogens with one attached hydrogen (secondary N) is 1. The Labute approximate surface area is 131 Å². The Morgan fingerprint density at radius 2 is 2.14 bits per heavy atom. The van der Waals surface area contributed by atoms with Gasteiger partial charge in [0.05, 0.1) is 6.54 Å². The number of nitrogens with zero attached hydrogens (tertiary/aromatic N) is 1. The molecule has 3 N–H and O–H groups in total. The molecular formula is C16H23N3OS. The van der Waals surface area contributed by atoms with Gasteiger partial charge in [-0.3, -0.25) is 9.69 Å². The van der Waals surface area contributed by atoms with Crippen molar-refractivity contribution in [1.82, 2.24) is 4.90 Å². The predicted molar refractivity (Wildman–Crippen MR) is 90.4 cm³/mol. The van der Waals surface area contributed by atoms with E-state index in [4.69, 9.17) is 18.0 Å². The Hall–Kier alpha value is -1.46. The number of carbonyl (C=O) groups excluding carboxylic acids is 1. The largest absolute Gasteiger partial charge is 0.389 e. The first kappa shape index (κ1) is 15.9. The van der Waals surface area contributed by atoms with Crippen LogP contribution in [0.4, 0.5) is 5.69 Å². The summed E-state index contributed by atoms with van der Waals surface area (Å²) in [7, 11) is 0. The second kappa shape index (κ2) is 7.52. The zero-order valence-corrected chi connectivity index (χ0v) is 13.3. The predicted octanol–water partition coefficient (Wildman–Crippen LogP) is 2.38. The van der Waals surface area contributed by atoms with Crippen molar-refractivity contribution in [2.45, 2.75) is 26.2 Å². The number of thiocarbonyl (C=S) groups is 1. The minimum atomic E-state index is 0.0372. The molecule has 114 valence electrons.